The molecule has 4 N–H and O–H groups in total. The summed E-state index contributed by atoms with van der Waals surface area (Å²) in [5.74, 6) is -0.468. The largest absolute Gasteiger partial charge is 0.493 e. The smallest absolute Gasteiger partial charge is 0.326 e. The zero-order valence-corrected chi connectivity index (χ0v) is 17.6. The number of anilines is 1. The minimum atomic E-state index is -0.538. The second-order valence-corrected chi connectivity index (χ2v) is 8.00. The van der Waals surface area contributed by atoms with E-state index in [1.165, 1.54) is 28.9 Å². The number of aromatic hydroxyl groups is 1. The number of nitrogens with one attached hydrogen (secondary N) is 3. The maximum atomic E-state index is 14.3. The van der Waals surface area contributed by atoms with Crippen LogP contribution in [0, 0.1) is 5.82 Å². The van der Waals surface area contributed by atoms with Crippen LogP contribution in [0.5, 0.6) is 5.88 Å². The first kappa shape index (κ1) is 20.2. The molecule has 10 nitrogen and oxygen atoms in total. The molecule has 0 aliphatic heterocycles. The van der Waals surface area contributed by atoms with Gasteiger partial charge in [-0.3, -0.25) is 4.98 Å². The van der Waals surface area contributed by atoms with Gasteiger partial charge in [-0.1, -0.05) is 11.6 Å². The van der Waals surface area contributed by atoms with Crippen LogP contribution in [0.25, 0.3) is 11.7 Å². The van der Waals surface area contributed by atoms with Gasteiger partial charge in [0.15, 0.2) is 5.65 Å². The summed E-state index contributed by atoms with van der Waals surface area (Å²) >= 11 is 6.02. The Labute approximate surface area is 184 Å². The van der Waals surface area contributed by atoms with Crippen molar-refractivity contribution in [3.8, 4) is 5.88 Å². The van der Waals surface area contributed by atoms with Crippen molar-refractivity contribution in [2.24, 2.45) is 4.99 Å². The van der Waals surface area contributed by atoms with Crippen LogP contribution in [0.15, 0.2) is 34.2 Å². The number of benzene rings is 1. The molecule has 0 unspecified atom stereocenters. The van der Waals surface area contributed by atoms with Crippen LogP contribution in [-0.2, 0) is 0 Å². The number of nitrogens with zero attached hydrogens (tertiary/aromatic N) is 5. The molecule has 0 amide bonds. The fourth-order valence-electron chi connectivity index (χ4n) is 3.26. The average Bonchev–Trinajstić information content (AvgIpc) is 3.38. The van der Waals surface area contributed by atoms with Gasteiger partial charge in [0.05, 0.1) is 18.3 Å². The highest BCUT2D eigenvalue weighted by atomic mass is 35.5. The zero-order valence-electron chi connectivity index (χ0n) is 16.8. The maximum Gasteiger partial charge on any atom is 0.326 e. The highest BCUT2D eigenvalue weighted by Crippen LogP contribution is 2.24. The van der Waals surface area contributed by atoms with Gasteiger partial charge in [-0.05, 0) is 44.0 Å². The van der Waals surface area contributed by atoms with Crippen LogP contribution in [0.3, 0.4) is 0 Å². The van der Waals surface area contributed by atoms with Crippen molar-refractivity contribution in [1.82, 2.24) is 29.5 Å². The van der Waals surface area contributed by atoms with E-state index < -0.39 is 17.5 Å². The number of hydrogen-bond donors (Lipinski definition) is 4. The predicted octanol–water partition coefficient (Wildman–Crippen LogP) is 1.42. The van der Waals surface area contributed by atoms with Crippen molar-refractivity contribution >= 4 is 29.3 Å². The van der Waals surface area contributed by atoms with Crippen molar-refractivity contribution < 1.29 is 9.50 Å². The van der Waals surface area contributed by atoms with Crippen molar-refractivity contribution in [1.29, 1.82) is 0 Å². The number of halogens is 2. The molecule has 1 fully saturated rings. The van der Waals surface area contributed by atoms with Crippen LogP contribution in [-0.4, -0.2) is 40.7 Å². The first-order valence-corrected chi connectivity index (χ1v) is 10.3. The Kier molecular flexibility index (Phi) is 4.89. The van der Waals surface area contributed by atoms with Crippen molar-refractivity contribution in [2.75, 3.05) is 5.32 Å². The van der Waals surface area contributed by atoms with Gasteiger partial charge in [0.25, 0.3) is 5.62 Å². The Morgan fingerprint density at radius 2 is 2.19 bits per heavy atom. The van der Waals surface area contributed by atoms with Crippen LogP contribution in [0.2, 0.25) is 5.02 Å². The molecule has 3 heterocycles. The fraction of sp³-hybridized carbons (Fsp3) is 0.250. The predicted molar refractivity (Wildman–Crippen MR) is 115 cm³/mol. The Morgan fingerprint density at radius 1 is 1.38 bits per heavy atom. The summed E-state index contributed by atoms with van der Waals surface area (Å²) in [5.41, 5.74) is 0.779. The third-order valence-electron chi connectivity index (χ3n) is 5.03. The van der Waals surface area contributed by atoms with Crippen molar-refractivity contribution in [3.63, 3.8) is 0 Å². The van der Waals surface area contributed by atoms with E-state index in [1.807, 2.05) is 0 Å². The molecule has 12 heteroatoms. The Balaban J connectivity index is 1.62. The fourth-order valence-corrected chi connectivity index (χ4v) is 3.44. The first-order valence-electron chi connectivity index (χ1n) is 9.91. The van der Waals surface area contributed by atoms with Crippen LogP contribution >= 0.6 is 11.6 Å². The summed E-state index contributed by atoms with van der Waals surface area (Å²) in [4.78, 5) is 29.8. The van der Waals surface area contributed by atoms with Crippen molar-refractivity contribution in [3.05, 3.63) is 67.8 Å². The van der Waals surface area contributed by atoms with E-state index in [-0.39, 0.29) is 23.6 Å². The molecule has 1 aliphatic rings. The van der Waals surface area contributed by atoms with Gasteiger partial charge in [0, 0.05) is 15.8 Å². The molecule has 1 atom stereocenters. The van der Waals surface area contributed by atoms with E-state index in [2.05, 4.69) is 35.3 Å². The molecule has 3 aromatic heterocycles. The number of H-pyrrole nitrogens is 2. The lowest BCUT2D eigenvalue weighted by atomic mass is 10.1. The lowest BCUT2D eigenvalue weighted by Gasteiger charge is -2.15. The molecule has 32 heavy (non-hydrogen) atoms. The first-order chi connectivity index (χ1) is 15.4. The molecule has 0 saturated heterocycles. The second-order valence-electron chi connectivity index (χ2n) is 7.56. The molecular formula is C20H18ClFN8O2. The van der Waals surface area contributed by atoms with E-state index in [0.717, 1.165) is 12.8 Å². The summed E-state index contributed by atoms with van der Waals surface area (Å²) < 4.78 is 15.8. The zero-order chi connectivity index (χ0) is 22.4. The molecular weight excluding hydrogens is 439 g/mol. The normalized spacial score (nSPS) is 16.1. The highest BCUT2D eigenvalue weighted by Gasteiger charge is 2.21. The quantitative estimate of drug-likeness (QED) is 0.358. The number of fused-ring (bicyclic) bond motifs is 1. The molecule has 164 valence electrons. The lowest BCUT2D eigenvalue weighted by Crippen LogP contribution is -2.25. The highest BCUT2D eigenvalue weighted by molar-refractivity contribution is 6.30. The number of rotatable bonds is 5. The average molecular weight is 457 g/mol. The van der Waals surface area contributed by atoms with Gasteiger partial charge >= 0.3 is 5.69 Å². The van der Waals surface area contributed by atoms with Gasteiger partial charge in [0.1, 0.15) is 11.5 Å². The molecule has 1 aromatic carbocycles. The Hall–Kier alpha value is -3.73. The summed E-state index contributed by atoms with van der Waals surface area (Å²) in [7, 11) is 0. The number of aromatic nitrogens is 6. The summed E-state index contributed by atoms with van der Waals surface area (Å²) in [6.07, 6.45) is 5.01. The molecule has 0 bridgehead atoms. The van der Waals surface area contributed by atoms with Gasteiger partial charge in [-0.15, -0.1) is 0 Å². The Morgan fingerprint density at radius 3 is 2.91 bits per heavy atom. The van der Waals surface area contributed by atoms with Crippen molar-refractivity contribution in [2.45, 2.75) is 31.8 Å². The third-order valence-corrected chi connectivity index (χ3v) is 5.26. The minimum Gasteiger partial charge on any atom is -0.493 e. The van der Waals surface area contributed by atoms with Gasteiger partial charge in [-0.2, -0.15) is 19.6 Å². The molecule has 4 aromatic rings. The van der Waals surface area contributed by atoms with Crippen LogP contribution < -0.4 is 21.8 Å². The third kappa shape index (κ3) is 3.94. The van der Waals surface area contributed by atoms with E-state index in [9.17, 15) is 14.3 Å². The van der Waals surface area contributed by atoms with Crippen LogP contribution in [0.4, 0.5) is 10.3 Å². The standard InChI is InChI=1S/C20H18ClFN8O2/c1-9(13-7-11(21)2-5-14(13)22)24-18-27-16-10(6-15-17(31)28-20(32)26-15)8-23-30(16)19(29-18)25-12-3-4-12/h2,5-9,12,31H,3-4H2,1H3,(H,24,25,29)(H2,26,28,32)/t9-/m1/s1. The summed E-state index contributed by atoms with van der Waals surface area (Å²) in [5, 5.41) is 18.2. The number of aromatic amines is 2. The van der Waals surface area contributed by atoms with E-state index in [0.29, 0.717) is 27.1 Å². The minimum absolute atomic E-state index is 0.172. The topological polar surface area (TPSA) is 136 Å². The molecule has 0 spiro atoms. The molecule has 5 rings (SSSR count). The van der Waals surface area contributed by atoms with Gasteiger partial charge < -0.3 is 15.4 Å². The van der Waals surface area contributed by atoms with Crippen LogP contribution in [0.1, 0.15) is 37.1 Å². The van der Waals surface area contributed by atoms with E-state index >= 15 is 0 Å². The Bertz CT molecular complexity index is 1500. The van der Waals surface area contributed by atoms with E-state index in [4.69, 9.17) is 11.6 Å². The number of imidazole rings is 1. The molecule has 1 saturated carbocycles. The summed E-state index contributed by atoms with van der Waals surface area (Å²) in [6, 6.07) is 4.03. The SMILES string of the molecule is C[C@@H](Nc1nc(=NC2CC2)n2ncc(=Cc3[nH]c(=O)[nH]c3O)c2n1)c1cc(Cl)ccc1F. The molecule has 1 aliphatic carbocycles. The van der Waals surface area contributed by atoms with Gasteiger partial charge in [-0.25, -0.2) is 14.2 Å². The second kappa shape index (κ2) is 7.75. The van der Waals surface area contributed by atoms with Gasteiger partial charge in [0.2, 0.25) is 11.8 Å². The van der Waals surface area contributed by atoms with E-state index in [1.54, 1.807) is 13.0 Å². The maximum absolute atomic E-state index is 14.3. The summed E-state index contributed by atoms with van der Waals surface area (Å²) in [6.45, 7) is 1.77. The molecule has 0 radical (unpaired) electrons. The monoisotopic (exact) mass is 456 g/mol. The number of hydrogen-bond acceptors (Lipinski definition) is 7. The lowest BCUT2D eigenvalue weighted by molar-refractivity contribution is 0.454.